The van der Waals surface area contributed by atoms with E-state index in [1.165, 1.54) is 13.8 Å². The molecule has 0 spiro atoms. The van der Waals surface area contributed by atoms with Crippen molar-refractivity contribution >= 4 is 29.2 Å². The van der Waals surface area contributed by atoms with Gasteiger partial charge in [0.15, 0.2) is 0 Å². The highest BCUT2D eigenvalue weighted by Crippen LogP contribution is 2.34. The molecule has 2 amide bonds. The van der Waals surface area contributed by atoms with E-state index in [1.807, 2.05) is 48.5 Å². The lowest BCUT2D eigenvalue weighted by Gasteiger charge is -2.33. The summed E-state index contributed by atoms with van der Waals surface area (Å²) >= 11 is 0. The average Bonchev–Trinajstić information content (AvgIpc) is 3.23. The van der Waals surface area contributed by atoms with Crippen LogP contribution in [0.15, 0.2) is 48.7 Å². The molecule has 1 aromatic carbocycles. The second-order valence-corrected chi connectivity index (χ2v) is 8.69. The number of pyridine rings is 1. The van der Waals surface area contributed by atoms with E-state index in [-0.39, 0.29) is 11.8 Å². The Labute approximate surface area is 185 Å². The number of nitrogens with one attached hydrogen (secondary N) is 2. The quantitative estimate of drug-likeness (QED) is 0.597. The van der Waals surface area contributed by atoms with Gasteiger partial charge in [-0.25, -0.2) is 0 Å². The molecule has 3 N–H and O–H groups in total. The van der Waals surface area contributed by atoms with E-state index < -0.39 is 5.60 Å². The molecule has 2 aliphatic heterocycles. The van der Waals surface area contributed by atoms with Gasteiger partial charge in [0.1, 0.15) is 5.60 Å². The van der Waals surface area contributed by atoms with Crippen LogP contribution in [0.3, 0.4) is 0 Å². The third kappa shape index (κ3) is 3.50. The third-order valence-corrected chi connectivity index (χ3v) is 5.86. The number of hydrogen-bond donors (Lipinski definition) is 3. The predicted octanol–water partition coefficient (Wildman–Crippen LogP) is 3.02. The molecule has 2 aromatic heterocycles. The molecule has 0 aliphatic carbocycles. The van der Waals surface area contributed by atoms with Crippen molar-refractivity contribution in [1.29, 1.82) is 0 Å². The number of aromatic nitrogens is 2. The van der Waals surface area contributed by atoms with Gasteiger partial charge in [-0.2, -0.15) is 0 Å². The number of aliphatic hydroxyl groups is 1. The Hall–Kier alpha value is -3.71. The fourth-order valence-corrected chi connectivity index (χ4v) is 4.23. The molecule has 0 bridgehead atoms. The summed E-state index contributed by atoms with van der Waals surface area (Å²) < 4.78 is 0. The monoisotopic (exact) mass is 428 g/mol. The molecule has 0 saturated carbocycles. The lowest BCUT2D eigenvalue weighted by molar-refractivity contribution is -0.133. The maximum atomic E-state index is 13.0. The summed E-state index contributed by atoms with van der Waals surface area (Å²) in [7, 11) is 0. The number of benzene rings is 1. The summed E-state index contributed by atoms with van der Waals surface area (Å²) in [6, 6.07) is 13.4. The molecule has 2 aliphatic rings. The minimum atomic E-state index is -1.49. The second-order valence-electron chi connectivity index (χ2n) is 8.69. The van der Waals surface area contributed by atoms with E-state index in [0.717, 1.165) is 45.9 Å². The molecule has 4 heterocycles. The SMILES string of the molecule is CC(C)(O)C(=O)N1CC(c2cc(-c3cc4c([nH]3)CCNC4=O)ccn2)=Cc2ccccc21. The molecule has 7 nitrogen and oxygen atoms in total. The molecule has 0 radical (unpaired) electrons. The minimum absolute atomic E-state index is 0.0598. The van der Waals surface area contributed by atoms with Crippen LogP contribution in [0.4, 0.5) is 5.69 Å². The van der Waals surface area contributed by atoms with Gasteiger partial charge in [-0.1, -0.05) is 18.2 Å². The lowest BCUT2D eigenvalue weighted by Crippen LogP contribution is -2.47. The van der Waals surface area contributed by atoms with Crippen molar-refractivity contribution in [2.24, 2.45) is 0 Å². The van der Waals surface area contributed by atoms with Gasteiger partial charge in [-0.05, 0) is 55.3 Å². The van der Waals surface area contributed by atoms with Gasteiger partial charge >= 0.3 is 0 Å². The van der Waals surface area contributed by atoms with Gasteiger partial charge in [0.05, 0.1) is 23.5 Å². The van der Waals surface area contributed by atoms with E-state index in [1.54, 1.807) is 11.1 Å². The number of anilines is 1. The first-order chi connectivity index (χ1) is 15.3. The molecular formula is C25H24N4O3. The van der Waals surface area contributed by atoms with Crippen LogP contribution in [-0.4, -0.2) is 45.6 Å². The first-order valence-corrected chi connectivity index (χ1v) is 10.6. The van der Waals surface area contributed by atoms with Crippen molar-refractivity contribution in [3.63, 3.8) is 0 Å². The standard InChI is InChI=1S/C25H24N4O3/c1-25(2,32)24(31)29-14-17(11-16-5-3-4-6-22(16)29)20-12-15(7-9-26-20)21-13-18-19(28-21)8-10-27-23(18)30/h3-7,9,11-13,28,32H,8,10,14H2,1-2H3,(H,27,30). The van der Waals surface area contributed by atoms with Gasteiger partial charge < -0.3 is 20.3 Å². The van der Waals surface area contributed by atoms with Crippen molar-refractivity contribution in [2.75, 3.05) is 18.0 Å². The molecule has 0 saturated heterocycles. The maximum Gasteiger partial charge on any atom is 0.258 e. The highest BCUT2D eigenvalue weighted by Gasteiger charge is 2.33. The third-order valence-electron chi connectivity index (χ3n) is 5.86. The average molecular weight is 428 g/mol. The molecule has 0 fully saturated rings. The van der Waals surface area contributed by atoms with E-state index in [2.05, 4.69) is 15.3 Å². The van der Waals surface area contributed by atoms with Crippen LogP contribution in [0.5, 0.6) is 0 Å². The van der Waals surface area contributed by atoms with Gasteiger partial charge in [-0.3, -0.25) is 14.6 Å². The second kappa shape index (κ2) is 7.46. The number of carbonyl (C=O) groups excluding carboxylic acids is 2. The highest BCUT2D eigenvalue weighted by atomic mass is 16.3. The summed E-state index contributed by atoms with van der Waals surface area (Å²) in [6.45, 7) is 3.93. The Morgan fingerprint density at radius 2 is 2.00 bits per heavy atom. The summed E-state index contributed by atoms with van der Waals surface area (Å²) in [5, 5.41) is 13.2. The van der Waals surface area contributed by atoms with Gasteiger partial charge in [0.25, 0.3) is 11.8 Å². The van der Waals surface area contributed by atoms with Crippen LogP contribution in [0.25, 0.3) is 22.9 Å². The number of hydrogen-bond acceptors (Lipinski definition) is 4. The van der Waals surface area contributed by atoms with E-state index in [0.29, 0.717) is 18.7 Å². The zero-order chi connectivity index (χ0) is 22.5. The van der Waals surface area contributed by atoms with Crippen LogP contribution in [-0.2, 0) is 11.2 Å². The largest absolute Gasteiger partial charge is 0.381 e. The number of nitrogens with zero attached hydrogens (tertiary/aromatic N) is 2. The molecule has 5 rings (SSSR count). The van der Waals surface area contributed by atoms with Gasteiger partial charge in [0.2, 0.25) is 0 Å². The summed E-state index contributed by atoms with van der Waals surface area (Å²) in [5.41, 5.74) is 5.17. The van der Waals surface area contributed by atoms with Crippen molar-refractivity contribution in [3.05, 3.63) is 71.2 Å². The van der Waals surface area contributed by atoms with Crippen LogP contribution in [0.2, 0.25) is 0 Å². The fourth-order valence-electron chi connectivity index (χ4n) is 4.23. The topological polar surface area (TPSA) is 98.3 Å². The van der Waals surface area contributed by atoms with E-state index in [4.69, 9.17) is 0 Å². The number of H-pyrrole nitrogens is 1. The fraction of sp³-hybridized carbons (Fsp3) is 0.240. The first kappa shape index (κ1) is 20.2. The van der Waals surface area contributed by atoms with Crippen LogP contribution in [0.1, 0.15) is 41.2 Å². The Kier molecular flexibility index (Phi) is 4.71. The van der Waals surface area contributed by atoms with Crippen LogP contribution >= 0.6 is 0 Å². The number of amides is 2. The number of carbonyl (C=O) groups is 2. The van der Waals surface area contributed by atoms with E-state index >= 15 is 0 Å². The Bertz CT molecular complexity index is 1270. The Morgan fingerprint density at radius 1 is 1.19 bits per heavy atom. The molecule has 7 heteroatoms. The molecule has 32 heavy (non-hydrogen) atoms. The highest BCUT2D eigenvalue weighted by molar-refractivity contribution is 6.06. The van der Waals surface area contributed by atoms with Gasteiger partial charge in [-0.15, -0.1) is 0 Å². The molecule has 3 aromatic rings. The number of para-hydroxylation sites is 1. The molecule has 162 valence electrons. The molecule has 0 unspecified atom stereocenters. The minimum Gasteiger partial charge on any atom is -0.381 e. The summed E-state index contributed by atoms with van der Waals surface area (Å²) in [4.78, 5) is 34.6. The van der Waals surface area contributed by atoms with Crippen molar-refractivity contribution in [3.8, 4) is 11.3 Å². The lowest BCUT2D eigenvalue weighted by atomic mass is 9.97. The maximum absolute atomic E-state index is 13.0. The van der Waals surface area contributed by atoms with Crippen molar-refractivity contribution in [2.45, 2.75) is 25.9 Å². The normalized spacial score (nSPS) is 15.5. The van der Waals surface area contributed by atoms with Crippen LogP contribution in [0, 0.1) is 0 Å². The Balaban J connectivity index is 1.54. The molecule has 0 atom stereocenters. The van der Waals surface area contributed by atoms with E-state index in [9.17, 15) is 14.7 Å². The molecular weight excluding hydrogens is 404 g/mol. The number of fused-ring (bicyclic) bond motifs is 2. The number of rotatable bonds is 3. The van der Waals surface area contributed by atoms with Crippen LogP contribution < -0.4 is 10.2 Å². The zero-order valence-electron chi connectivity index (χ0n) is 18.0. The zero-order valence-corrected chi connectivity index (χ0v) is 18.0. The summed E-state index contributed by atoms with van der Waals surface area (Å²) in [5.74, 6) is -0.426. The smallest absolute Gasteiger partial charge is 0.258 e. The van der Waals surface area contributed by atoms with Gasteiger partial charge in [0, 0.05) is 36.1 Å². The van der Waals surface area contributed by atoms with Crippen molar-refractivity contribution < 1.29 is 14.7 Å². The predicted molar refractivity (Wildman–Crippen MR) is 123 cm³/mol. The Morgan fingerprint density at radius 3 is 2.78 bits per heavy atom. The van der Waals surface area contributed by atoms with Crippen molar-refractivity contribution in [1.82, 2.24) is 15.3 Å². The summed E-state index contributed by atoms with van der Waals surface area (Å²) in [6.07, 6.45) is 4.53. The first-order valence-electron chi connectivity index (χ1n) is 10.6. The number of aromatic amines is 1.